The third-order valence-corrected chi connectivity index (χ3v) is 2.74. The van der Waals surface area contributed by atoms with E-state index in [0.29, 0.717) is 13.1 Å². The zero-order valence-corrected chi connectivity index (χ0v) is 9.45. The lowest BCUT2D eigenvalue weighted by atomic mass is 10.1. The van der Waals surface area contributed by atoms with Gasteiger partial charge in [0.25, 0.3) is 0 Å². The van der Waals surface area contributed by atoms with E-state index in [1.165, 1.54) is 7.11 Å². The second-order valence-electron chi connectivity index (χ2n) is 3.89. The molecule has 1 aliphatic heterocycles. The van der Waals surface area contributed by atoms with Crippen molar-refractivity contribution in [1.82, 2.24) is 10.2 Å². The molecule has 0 aromatic rings. The lowest BCUT2D eigenvalue weighted by Crippen LogP contribution is -2.55. The standard InChI is InChI=1S/C10H18N2O3/c1-7(10(14)15-3)6-12-5-4-11-9(13)8(12)2/h7-8H,4-6H2,1-3H3,(H,11,13). The molecule has 1 heterocycles. The highest BCUT2D eigenvalue weighted by Gasteiger charge is 2.28. The minimum absolute atomic E-state index is 0.0262. The van der Waals surface area contributed by atoms with E-state index in [1.54, 1.807) is 0 Å². The van der Waals surface area contributed by atoms with E-state index in [9.17, 15) is 9.59 Å². The van der Waals surface area contributed by atoms with Gasteiger partial charge < -0.3 is 10.1 Å². The van der Waals surface area contributed by atoms with Gasteiger partial charge in [0.05, 0.1) is 19.1 Å². The van der Waals surface area contributed by atoms with Crippen LogP contribution in [0.3, 0.4) is 0 Å². The third kappa shape index (κ3) is 2.92. The van der Waals surface area contributed by atoms with Crippen LogP contribution in [0.25, 0.3) is 0 Å². The van der Waals surface area contributed by atoms with Crippen molar-refractivity contribution >= 4 is 11.9 Å². The highest BCUT2D eigenvalue weighted by Crippen LogP contribution is 2.08. The lowest BCUT2D eigenvalue weighted by molar-refractivity contribution is -0.146. The first-order valence-corrected chi connectivity index (χ1v) is 5.16. The van der Waals surface area contributed by atoms with Crippen LogP contribution < -0.4 is 5.32 Å². The molecule has 0 spiro atoms. The minimum Gasteiger partial charge on any atom is -0.469 e. The van der Waals surface area contributed by atoms with Gasteiger partial charge in [-0.2, -0.15) is 0 Å². The van der Waals surface area contributed by atoms with E-state index < -0.39 is 0 Å². The van der Waals surface area contributed by atoms with Gasteiger partial charge >= 0.3 is 5.97 Å². The molecule has 0 aliphatic carbocycles. The molecular weight excluding hydrogens is 196 g/mol. The average molecular weight is 214 g/mol. The molecule has 86 valence electrons. The topological polar surface area (TPSA) is 58.6 Å². The number of carbonyl (C=O) groups excluding carboxylic acids is 2. The normalized spacial score (nSPS) is 24.5. The number of esters is 1. The fourth-order valence-electron chi connectivity index (χ4n) is 1.71. The Morgan fingerprint density at radius 2 is 2.40 bits per heavy atom. The summed E-state index contributed by atoms with van der Waals surface area (Å²) < 4.78 is 4.65. The van der Waals surface area contributed by atoms with Gasteiger partial charge in [0.15, 0.2) is 0 Å². The van der Waals surface area contributed by atoms with Crippen molar-refractivity contribution in [2.24, 2.45) is 5.92 Å². The predicted molar refractivity (Wildman–Crippen MR) is 55.2 cm³/mol. The Balaban J connectivity index is 2.49. The molecule has 1 amide bonds. The highest BCUT2D eigenvalue weighted by atomic mass is 16.5. The molecule has 0 bridgehead atoms. The maximum atomic E-state index is 11.4. The first-order valence-electron chi connectivity index (χ1n) is 5.16. The zero-order chi connectivity index (χ0) is 11.4. The quantitative estimate of drug-likeness (QED) is 0.650. The maximum absolute atomic E-state index is 11.4. The molecule has 0 radical (unpaired) electrons. The SMILES string of the molecule is COC(=O)C(C)CN1CCNC(=O)C1C. The summed E-state index contributed by atoms with van der Waals surface area (Å²) >= 11 is 0. The van der Waals surface area contributed by atoms with E-state index in [2.05, 4.69) is 10.1 Å². The molecule has 5 nitrogen and oxygen atoms in total. The first-order chi connectivity index (χ1) is 7.06. The lowest BCUT2D eigenvalue weighted by Gasteiger charge is -2.33. The number of carbonyl (C=O) groups is 2. The number of amides is 1. The Morgan fingerprint density at radius 3 is 3.00 bits per heavy atom. The number of ether oxygens (including phenoxy) is 1. The van der Waals surface area contributed by atoms with Gasteiger partial charge in [0, 0.05) is 19.6 Å². The molecule has 1 fully saturated rings. The van der Waals surface area contributed by atoms with Crippen LogP contribution in [0.15, 0.2) is 0 Å². The summed E-state index contributed by atoms with van der Waals surface area (Å²) in [4.78, 5) is 24.6. The Hall–Kier alpha value is -1.10. The second-order valence-corrected chi connectivity index (χ2v) is 3.89. The van der Waals surface area contributed by atoms with Crippen molar-refractivity contribution in [3.8, 4) is 0 Å². The zero-order valence-electron chi connectivity index (χ0n) is 9.45. The Labute approximate surface area is 89.8 Å². The number of nitrogens with zero attached hydrogens (tertiary/aromatic N) is 1. The van der Waals surface area contributed by atoms with Gasteiger partial charge in [-0.25, -0.2) is 0 Å². The van der Waals surface area contributed by atoms with Gasteiger partial charge in [0.2, 0.25) is 5.91 Å². The molecule has 5 heteroatoms. The van der Waals surface area contributed by atoms with Crippen LogP contribution in [0.5, 0.6) is 0 Å². The summed E-state index contributed by atoms with van der Waals surface area (Å²) in [6, 6.07) is -0.161. The van der Waals surface area contributed by atoms with Gasteiger partial charge in [-0.1, -0.05) is 6.92 Å². The third-order valence-electron chi connectivity index (χ3n) is 2.74. The Morgan fingerprint density at radius 1 is 1.73 bits per heavy atom. The highest BCUT2D eigenvalue weighted by molar-refractivity contribution is 5.82. The predicted octanol–water partition coefficient (Wildman–Crippen LogP) is -0.384. The van der Waals surface area contributed by atoms with Gasteiger partial charge in [0.1, 0.15) is 0 Å². The van der Waals surface area contributed by atoms with Crippen molar-refractivity contribution in [2.75, 3.05) is 26.7 Å². The van der Waals surface area contributed by atoms with Crippen LogP contribution in [0, 0.1) is 5.92 Å². The molecule has 2 atom stereocenters. The summed E-state index contributed by atoms with van der Waals surface area (Å²) in [5.74, 6) is -0.394. The minimum atomic E-state index is -0.229. The molecule has 2 unspecified atom stereocenters. The molecule has 0 aromatic heterocycles. The van der Waals surface area contributed by atoms with E-state index in [-0.39, 0.29) is 23.8 Å². The van der Waals surface area contributed by atoms with Gasteiger partial charge in [-0.15, -0.1) is 0 Å². The number of hydrogen-bond acceptors (Lipinski definition) is 4. The van der Waals surface area contributed by atoms with E-state index in [1.807, 2.05) is 18.7 Å². The van der Waals surface area contributed by atoms with E-state index >= 15 is 0 Å². The monoisotopic (exact) mass is 214 g/mol. The van der Waals surface area contributed by atoms with Crippen LogP contribution in [0.4, 0.5) is 0 Å². The molecule has 1 saturated heterocycles. The first kappa shape index (κ1) is 12.0. The summed E-state index contributed by atoms with van der Waals surface area (Å²) in [6.45, 7) is 5.66. The number of nitrogens with one attached hydrogen (secondary N) is 1. The van der Waals surface area contributed by atoms with Crippen LogP contribution >= 0.6 is 0 Å². The molecule has 15 heavy (non-hydrogen) atoms. The maximum Gasteiger partial charge on any atom is 0.309 e. The van der Waals surface area contributed by atoms with Gasteiger partial charge in [-0.05, 0) is 6.92 Å². The number of piperazine rings is 1. The fraction of sp³-hybridized carbons (Fsp3) is 0.800. The molecule has 1 N–H and O–H groups in total. The van der Waals surface area contributed by atoms with Crippen LogP contribution in [0.1, 0.15) is 13.8 Å². The number of methoxy groups -OCH3 is 1. The van der Waals surface area contributed by atoms with Crippen molar-refractivity contribution in [2.45, 2.75) is 19.9 Å². The molecule has 0 aromatic carbocycles. The molecule has 0 saturated carbocycles. The van der Waals surface area contributed by atoms with Crippen molar-refractivity contribution in [3.63, 3.8) is 0 Å². The van der Waals surface area contributed by atoms with Crippen molar-refractivity contribution in [1.29, 1.82) is 0 Å². The van der Waals surface area contributed by atoms with Gasteiger partial charge in [-0.3, -0.25) is 14.5 Å². The number of rotatable bonds is 3. The number of hydrogen-bond donors (Lipinski definition) is 1. The smallest absolute Gasteiger partial charge is 0.309 e. The van der Waals surface area contributed by atoms with E-state index in [0.717, 1.165) is 6.54 Å². The largest absolute Gasteiger partial charge is 0.469 e. The molecule has 1 rings (SSSR count). The Kier molecular flexibility index (Phi) is 4.08. The molecule has 1 aliphatic rings. The van der Waals surface area contributed by atoms with Crippen LogP contribution in [-0.4, -0.2) is 49.6 Å². The van der Waals surface area contributed by atoms with Crippen molar-refractivity contribution in [3.05, 3.63) is 0 Å². The fourth-order valence-corrected chi connectivity index (χ4v) is 1.71. The summed E-state index contributed by atoms with van der Waals surface area (Å²) in [6.07, 6.45) is 0. The van der Waals surface area contributed by atoms with Crippen LogP contribution in [0.2, 0.25) is 0 Å². The van der Waals surface area contributed by atoms with Crippen molar-refractivity contribution < 1.29 is 14.3 Å². The average Bonchev–Trinajstić information content (AvgIpc) is 2.23. The summed E-state index contributed by atoms with van der Waals surface area (Å²) in [7, 11) is 1.38. The van der Waals surface area contributed by atoms with Crippen LogP contribution in [-0.2, 0) is 14.3 Å². The second kappa shape index (κ2) is 5.11. The molecular formula is C10H18N2O3. The van der Waals surface area contributed by atoms with E-state index in [4.69, 9.17) is 0 Å². The summed E-state index contributed by atoms with van der Waals surface area (Å²) in [5, 5.41) is 2.78. The summed E-state index contributed by atoms with van der Waals surface area (Å²) in [5.41, 5.74) is 0. The Bertz CT molecular complexity index is 255.